The number of carbonyl (C=O) groups is 2. The number of amides is 2. The van der Waals surface area contributed by atoms with Crippen LogP contribution in [0.2, 0.25) is 0 Å². The minimum Gasteiger partial charge on any atom is -0.394 e. The van der Waals surface area contributed by atoms with E-state index < -0.39 is 59.1 Å². The van der Waals surface area contributed by atoms with Gasteiger partial charge in [0.1, 0.15) is 6.04 Å². The van der Waals surface area contributed by atoms with Gasteiger partial charge in [0.05, 0.1) is 23.2 Å². The quantitative estimate of drug-likeness (QED) is 0.204. The van der Waals surface area contributed by atoms with Gasteiger partial charge in [-0.3, -0.25) is 14.9 Å². The Labute approximate surface area is 170 Å². The van der Waals surface area contributed by atoms with E-state index in [-0.39, 0.29) is 5.95 Å². The molecule has 1 heterocycles. The van der Waals surface area contributed by atoms with Crippen molar-refractivity contribution in [2.24, 2.45) is 0 Å². The molecular formula is C19H13F5N4O3. The van der Waals surface area contributed by atoms with Crippen LogP contribution in [-0.4, -0.2) is 39.5 Å². The SMILES string of the molecule is O=C(C=Cc1c(F)c(F)c(F)c(F)c1F)N[C@@H](CO)C(=O)Nc1nc2ccccc2[nH]1. The maximum Gasteiger partial charge on any atom is 0.251 e. The number of imidazole rings is 1. The molecule has 0 aliphatic rings. The van der Waals surface area contributed by atoms with E-state index in [0.29, 0.717) is 23.2 Å². The van der Waals surface area contributed by atoms with E-state index in [1.807, 2.05) is 5.32 Å². The van der Waals surface area contributed by atoms with Gasteiger partial charge >= 0.3 is 0 Å². The van der Waals surface area contributed by atoms with Gasteiger partial charge in [0, 0.05) is 6.08 Å². The van der Waals surface area contributed by atoms with Crippen LogP contribution in [-0.2, 0) is 9.59 Å². The summed E-state index contributed by atoms with van der Waals surface area (Å²) in [6.45, 7) is -0.853. The van der Waals surface area contributed by atoms with Crippen molar-refractivity contribution in [2.45, 2.75) is 6.04 Å². The second-order valence-corrected chi connectivity index (χ2v) is 6.15. The normalized spacial score (nSPS) is 12.3. The van der Waals surface area contributed by atoms with Crippen LogP contribution in [0.5, 0.6) is 0 Å². The van der Waals surface area contributed by atoms with E-state index in [2.05, 4.69) is 15.3 Å². The number of nitrogens with one attached hydrogen (secondary N) is 3. The molecule has 0 unspecified atom stereocenters. The Hall–Kier alpha value is -3.80. The van der Waals surface area contributed by atoms with Gasteiger partial charge < -0.3 is 15.4 Å². The average Bonchev–Trinajstić information content (AvgIpc) is 3.16. The van der Waals surface area contributed by atoms with Crippen molar-refractivity contribution in [3.63, 3.8) is 0 Å². The Morgan fingerprint density at radius 2 is 1.65 bits per heavy atom. The van der Waals surface area contributed by atoms with Crippen molar-refractivity contribution in [2.75, 3.05) is 11.9 Å². The van der Waals surface area contributed by atoms with Crippen molar-refractivity contribution >= 4 is 34.9 Å². The van der Waals surface area contributed by atoms with Crippen molar-refractivity contribution in [3.8, 4) is 0 Å². The topological polar surface area (TPSA) is 107 Å². The highest BCUT2D eigenvalue weighted by molar-refractivity contribution is 6.00. The fraction of sp³-hybridized carbons (Fsp3) is 0.105. The van der Waals surface area contributed by atoms with Crippen LogP contribution in [0.25, 0.3) is 17.1 Å². The Kier molecular flexibility index (Phi) is 6.30. The fourth-order valence-electron chi connectivity index (χ4n) is 2.56. The molecule has 0 saturated carbocycles. The zero-order chi connectivity index (χ0) is 22.7. The number of aromatic nitrogens is 2. The first-order chi connectivity index (χ1) is 14.7. The molecule has 0 saturated heterocycles. The van der Waals surface area contributed by atoms with Gasteiger partial charge in [0.2, 0.25) is 17.7 Å². The Morgan fingerprint density at radius 3 is 2.26 bits per heavy atom. The first-order valence-corrected chi connectivity index (χ1v) is 8.59. The predicted octanol–water partition coefficient (Wildman–Crippen LogP) is 2.39. The molecule has 2 aromatic carbocycles. The van der Waals surface area contributed by atoms with Gasteiger partial charge in [-0.1, -0.05) is 12.1 Å². The van der Waals surface area contributed by atoms with E-state index in [0.717, 1.165) is 0 Å². The molecule has 0 aliphatic heterocycles. The number of rotatable bonds is 6. The van der Waals surface area contributed by atoms with Crippen LogP contribution < -0.4 is 10.6 Å². The molecule has 2 amide bonds. The summed E-state index contributed by atoms with van der Waals surface area (Å²) in [5.74, 6) is -12.9. The lowest BCUT2D eigenvalue weighted by Crippen LogP contribution is -2.45. The summed E-state index contributed by atoms with van der Waals surface area (Å²) >= 11 is 0. The molecule has 0 spiro atoms. The summed E-state index contributed by atoms with van der Waals surface area (Å²) in [4.78, 5) is 31.0. The van der Waals surface area contributed by atoms with Crippen molar-refractivity contribution in [1.82, 2.24) is 15.3 Å². The molecule has 3 rings (SSSR count). The number of carbonyl (C=O) groups excluding carboxylic acids is 2. The molecule has 0 fully saturated rings. The summed E-state index contributed by atoms with van der Waals surface area (Å²) in [6.07, 6.45) is 0.812. The first-order valence-electron chi connectivity index (χ1n) is 8.59. The van der Waals surface area contributed by atoms with Gasteiger partial charge in [-0.2, -0.15) is 0 Å². The molecule has 4 N–H and O–H groups in total. The van der Waals surface area contributed by atoms with Gasteiger partial charge in [0.25, 0.3) is 5.91 Å². The zero-order valence-electron chi connectivity index (χ0n) is 15.3. The van der Waals surface area contributed by atoms with E-state index in [1.165, 1.54) is 0 Å². The number of anilines is 1. The third-order valence-electron chi connectivity index (χ3n) is 4.09. The Morgan fingerprint density at radius 1 is 1.03 bits per heavy atom. The lowest BCUT2D eigenvalue weighted by atomic mass is 10.1. The van der Waals surface area contributed by atoms with E-state index >= 15 is 0 Å². The summed E-state index contributed by atoms with van der Waals surface area (Å²) in [5.41, 5.74) is -0.167. The Bertz CT molecular complexity index is 1130. The third-order valence-corrected chi connectivity index (χ3v) is 4.09. The molecule has 1 atom stereocenters. The number of hydrogen-bond donors (Lipinski definition) is 4. The lowest BCUT2D eigenvalue weighted by molar-refractivity contribution is -0.124. The van der Waals surface area contributed by atoms with Crippen molar-refractivity contribution in [3.05, 3.63) is 65.0 Å². The number of para-hydroxylation sites is 2. The van der Waals surface area contributed by atoms with Crippen LogP contribution >= 0.6 is 0 Å². The fourth-order valence-corrected chi connectivity index (χ4v) is 2.56. The number of halogens is 5. The van der Waals surface area contributed by atoms with E-state index in [4.69, 9.17) is 0 Å². The van der Waals surface area contributed by atoms with Gasteiger partial charge in [-0.05, 0) is 18.2 Å². The zero-order valence-corrected chi connectivity index (χ0v) is 15.3. The van der Waals surface area contributed by atoms with Crippen LogP contribution in [0.4, 0.5) is 27.9 Å². The maximum absolute atomic E-state index is 13.6. The minimum atomic E-state index is -2.33. The number of aromatic amines is 1. The number of hydrogen-bond acceptors (Lipinski definition) is 4. The van der Waals surface area contributed by atoms with Crippen LogP contribution in [0, 0.1) is 29.1 Å². The maximum atomic E-state index is 13.6. The van der Waals surface area contributed by atoms with Crippen LogP contribution in [0.15, 0.2) is 30.3 Å². The molecule has 7 nitrogen and oxygen atoms in total. The molecule has 0 aliphatic carbocycles. The van der Waals surface area contributed by atoms with Crippen molar-refractivity contribution < 1.29 is 36.6 Å². The summed E-state index contributed by atoms with van der Waals surface area (Å²) in [6, 6.07) is 5.34. The van der Waals surface area contributed by atoms with Gasteiger partial charge in [-0.25, -0.2) is 26.9 Å². The molecule has 162 valence electrons. The molecular weight excluding hydrogens is 427 g/mol. The smallest absolute Gasteiger partial charge is 0.251 e. The average molecular weight is 440 g/mol. The van der Waals surface area contributed by atoms with Crippen LogP contribution in [0.1, 0.15) is 5.56 Å². The van der Waals surface area contributed by atoms with E-state index in [1.54, 1.807) is 24.3 Å². The highest BCUT2D eigenvalue weighted by Gasteiger charge is 2.25. The minimum absolute atomic E-state index is 0.0378. The third kappa shape index (κ3) is 4.53. The summed E-state index contributed by atoms with van der Waals surface area (Å²) < 4.78 is 66.7. The molecule has 0 bridgehead atoms. The van der Waals surface area contributed by atoms with Crippen LogP contribution in [0.3, 0.4) is 0 Å². The lowest BCUT2D eigenvalue weighted by Gasteiger charge is -2.14. The highest BCUT2D eigenvalue weighted by Crippen LogP contribution is 2.24. The number of aliphatic hydroxyl groups excluding tert-OH is 1. The van der Waals surface area contributed by atoms with E-state index in [9.17, 15) is 36.6 Å². The standard InChI is InChI=1S/C19H13F5N4O3/c20-13-8(14(21)16(23)17(24)15(13)22)5-6-12(30)25-11(7-29)18(31)28-19-26-9-3-1-2-4-10(9)27-19/h1-6,11,29H,7H2,(H,25,30)(H2,26,27,28,31)/t11-/m0/s1. The largest absolute Gasteiger partial charge is 0.394 e. The molecule has 0 radical (unpaired) electrons. The number of fused-ring (bicyclic) bond motifs is 1. The second-order valence-electron chi connectivity index (χ2n) is 6.15. The highest BCUT2D eigenvalue weighted by atomic mass is 19.2. The number of benzene rings is 2. The van der Waals surface area contributed by atoms with Crippen molar-refractivity contribution in [1.29, 1.82) is 0 Å². The monoisotopic (exact) mass is 440 g/mol. The number of aliphatic hydroxyl groups is 1. The number of H-pyrrole nitrogens is 1. The molecule has 12 heteroatoms. The Balaban J connectivity index is 1.70. The molecule has 31 heavy (non-hydrogen) atoms. The second kappa shape index (κ2) is 8.92. The molecule has 3 aromatic rings. The van der Waals surface area contributed by atoms with Gasteiger partial charge in [0.15, 0.2) is 23.3 Å². The number of nitrogens with zero attached hydrogens (tertiary/aromatic N) is 1. The summed E-state index contributed by atoms with van der Waals surface area (Å²) in [7, 11) is 0. The summed E-state index contributed by atoms with van der Waals surface area (Å²) in [5, 5.41) is 13.7. The van der Waals surface area contributed by atoms with Gasteiger partial charge in [-0.15, -0.1) is 0 Å². The molecule has 1 aromatic heterocycles. The first kappa shape index (κ1) is 21.9. The predicted molar refractivity (Wildman–Crippen MR) is 99.0 cm³/mol.